The van der Waals surface area contributed by atoms with E-state index in [9.17, 15) is 0 Å². The van der Waals surface area contributed by atoms with E-state index >= 15 is 0 Å². The monoisotopic (exact) mass is 302 g/mol. The van der Waals surface area contributed by atoms with Gasteiger partial charge in [0.25, 0.3) is 0 Å². The number of nitrogens with one attached hydrogen (secondary N) is 1. The van der Waals surface area contributed by atoms with Crippen LogP contribution < -0.4 is 11.1 Å². The first-order valence-electron chi connectivity index (χ1n) is 8.31. The van der Waals surface area contributed by atoms with E-state index in [0.717, 1.165) is 55.4 Å². The third-order valence-electron chi connectivity index (χ3n) is 3.56. The maximum atomic E-state index is 6.22. The number of hydrogen-bond donors (Lipinski definition) is 2. The second-order valence-corrected chi connectivity index (χ2v) is 5.79. The van der Waals surface area contributed by atoms with Gasteiger partial charge in [-0.05, 0) is 67.7 Å². The van der Waals surface area contributed by atoms with E-state index in [1.165, 1.54) is 11.1 Å². The molecule has 0 fully saturated rings. The molecule has 3 N–H and O–H groups in total. The van der Waals surface area contributed by atoms with Gasteiger partial charge in [-0.25, -0.2) is 0 Å². The Labute approximate surface area is 137 Å². The van der Waals surface area contributed by atoms with Gasteiger partial charge in [0.05, 0.1) is 0 Å². The fourth-order valence-electron chi connectivity index (χ4n) is 2.29. The molecule has 0 bridgehead atoms. The minimum absolute atomic E-state index is 0.866. The summed E-state index contributed by atoms with van der Waals surface area (Å²) >= 11 is 0. The Hall–Kier alpha value is -1.70. The normalized spacial score (nSPS) is 13.2. The molecule has 0 aliphatic carbocycles. The molecule has 0 heterocycles. The lowest BCUT2D eigenvalue weighted by molar-refractivity contribution is 0.812. The average molecular weight is 303 g/mol. The molecule has 0 radical (unpaired) electrons. The Kier molecular flexibility index (Phi) is 11.0. The van der Waals surface area contributed by atoms with Crippen molar-refractivity contribution in [3.63, 3.8) is 0 Å². The highest BCUT2D eigenvalue weighted by Crippen LogP contribution is 2.22. The van der Waals surface area contributed by atoms with Gasteiger partial charge in [0.2, 0.25) is 0 Å². The summed E-state index contributed by atoms with van der Waals surface area (Å²) in [6.45, 7) is 14.8. The van der Waals surface area contributed by atoms with Crippen LogP contribution in [0.15, 0.2) is 59.5 Å². The molecule has 0 aromatic rings. The first-order valence-corrected chi connectivity index (χ1v) is 8.31. The second kappa shape index (κ2) is 11.9. The maximum absolute atomic E-state index is 6.22. The summed E-state index contributed by atoms with van der Waals surface area (Å²) in [5, 5.41) is 3.02. The van der Waals surface area contributed by atoms with Gasteiger partial charge in [-0.2, -0.15) is 0 Å². The van der Waals surface area contributed by atoms with Crippen molar-refractivity contribution in [3.8, 4) is 0 Å². The largest absolute Gasteiger partial charge is 0.402 e. The summed E-state index contributed by atoms with van der Waals surface area (Å²) in [5.74, 6) is 0. The van der Waals surface area contributed by atoms with Crippen LogP contribution in [-0.2, 0) is 0 Å². The first kappa shape index (κ1) is 20.3. The zero-order valence-corrected chi connectivity index (χ0v) is 15.0. The van der Waals surface area contributed by atoms with Gasteiger partial charge < -0.3 is 11.1 Å². The molecular weight excluding hydrogens is 268 g/mol. The number of nitrogens with two attached hydrogens (primary N) is 1. The third kappa shape index (κ3) is 8.56. The molecule has 0 aliphatic heterocycles. The lowest BCUT2D eigenvalue weighted by Crippen LogP contribution is -2.01. The van der Waals surface area contributed by atoms with Crippen LogP contribution >= 0.6 is 0 Å². The van der Waals surface area contributed by atoms with Crippen LogP contribution in [-0.4, -0.2) is 7.05 Å². The van der Waals surface area contributed by atoms with Crippen LogP contribution in [0.5, 0.6) is 0 Å². The molecule has 0 aromatic carbocycles. The summed E-state index contributed by atoms with van der Waals surface area (Å²) in [6.07, 6.45) is 12.2. The first-order chi connectivity index (χ1) is 10.5. The van der Waals surface area contributed by atoms with Crippen molar-refractivity contribution in [2.45, 2.75) is 59.3 Å². The van der Waals surface area contributed by atoms with Crippen molar-refractivity contribution in [1.82, 2.24) is 5.32 Å². The number of hydrogen-bond acceptors (Lipinski definition) is 2. The summed E-state index contributed by atoms with van der Waals surface area (Å²) < 4.78 is 0. The van der Waals surface area contributed by atoms with E-state index in [1.807, 2.05) is 13.2 Å². The molecule has 0 spiro atoms. The lowest BCUT2D eigenvalue weighted by Gasteiger charge is -2.11. The van der Waals surface area contributed by atoms with Crippen LogP contribution in [0, 0.1) is 0 Å². The minimum atomic E-state index is 0.866. The summed E-state index contributed by atoms with van der Waals surface area (Å²) in [7, 11) is 1.90. The van der Waals surface area contributed by atoms with Gasteiger partial charge in [-0.1, -0.05) is 45.4 Å². The maximum Gasteiger partial charge on any atom is 0.00898 e. The van der Waals surface area contributed by atoms with Gasteiger partial charge in [0.1, 0.15) is 0 Å². The van der Waals surface area contributed by atoms with Crippen molar-refractivity contribution >= 4 is 0 Å². The van der Waals surface area contributed by atoms with E-state index in [0.29, 0.717) is 0 Å². The molecule has 0 atom stereocenters. The SMILES string of the molecule is C=C(CCC)CC\C(N)=C/C(C(=C)CCC)=C(C)\C=C\NC. The Morgan fingerprint density at radius 3 is 2.23 bits per heavy atom. The highest BCUT2D eigenvalue weighted by molar-refractivity contribution is 5.46. The topological polar surface area (TPSA) is 38.0 Å². The molecule has 2 heteroatoms. The van der Waals surface area contributed by atoms with E-state index in [4.69, 9.17) is 5.73 Å². The van der Waals surface area contributed by atoms with Crippen molar-refractivity contribution < 1.29 is 0 Å². The second-order valence-electron chi connectivity index (χ2n) is 5.79. The molecular formula is C20H34N2. The fourth-order valence-corrected chi connectivity index (χ4v) is 2.29. The molecule has 0 amide bonds. The number of rotatable bonds is 11. The molecule has 0 aromatic heterocycles. The molecule has 2 nitrogen and oxygen atoms in total. The van der Waals surface area contributed by atoms with Crippen LogP contribution in [0.25, 0.3) is 0 Å². The Morgan fingerprint density at radius 1 is 1.05 bits per heavy atom. The summed E-state index contributed by atoms with van der Waals surface area (Å²) in [4.78, 5) is 0. The molecule has 124 valence electrons. The van der Waals surface area contributed by atoms with Crippen molar-refractivity contribution in [2.75, 3.05) is 7.05 Å². The van der Waals surface area contributed by atoms with E-state index in [1.54, 1.807) is 0 Å². The van der Waals surface area contributed by atoms with Gasteiger partial charge in [-0.15, -0.1) is 0 Å². The highest BCUT2D eigenvalue weighted by Gasteiger charge is 2.05. The van der Waals surface area contributed by atoms with E-state index < -0.39 is 0 Å². The van der Waals surface area contributed by atoms with E-state index in [2.05, 4.69) is 51.4 Å². The number of allylic oxidation sites excluding steroid dienone is 7. The molecule has 0 rings (SSSR count). The average Bonchev–Trinajstić information content (AvgIpc) is 2.48. The quantitative estimate of drug-likeness (QED) is 0.397. The minimum Gasteiger partial charge on any atom is -0.402 e. The van der Waals surface area contributed by atoms with E-state index in [-0.39, 0.29) is 0 Å². The van der Waals surface area contributed by atoms with Crippen LogP contribution in [0.1, 0.15) is 59.3 Å². The zero-order valence-electron chi connectivity index (χ0n) is 15.0. The van der Waals surface area contributed by atoms with Crippen LogP contribution in [0.4, 0.5) is 0 Å². The summed E-state index contributed by atoms with van der Waals surface area (Å²) in [5.41, 5.74) is 11.9. The highest BCUT2D eigenvalue weighted by atomic mass is 14.8. The van der Waals surface area contributed by atoms with Crippen molar-refractivity contribution in [3.05, 3.63) is 59.5 Å². The van der Waals surface area contributed by atoms with Gasteiger partial charge in [0.15, 0.2) is 0 Å². The Morgan fingerprint density at radius 2 is 1.68 bits per heavy atom. The predicted octanol–water partition coefficient (Wildman–Crippen LogP) is 5.37. The zero-order chi connectivity index (χ0) is 17.0. The fraction of sp³-hybridized carbons (Fsp3) is 0.500. The molecule has 0 unspecified atom stereocenters. The molecule has 0 aliphatic rings. The Balaban J connectivity index is 5.10. The third-order valence-corrected chi connectivity index (χ3v) is 3.56. The molecule has 0 saturated heterocycles. The molecule has 22 heavy (non-hydrogen) atoms. The van der Waals surface area contributed by atoms with Crippen LogP contribution in [0.2, 0.25) is 0 Å². The lowest BCUT2D eigenvalue weighted by atomic mass is 9.96. The predicted molar refractivity (Wildman–Crippen MR) is 101 cm³/mol. The summed E-state index contributed by atoms with van der Waals surface area (Å²) in [6, 6.07) is 0. The standard InChI is InChI=1S/C20H34N2/c1-7-9-16(3)11-12-19(21)15-20(17(4)10-8-2)18(5)13-14-22-6/h13-15,22H,3-4,7-12,21H2,1-2,5-6H3/b14-13+,19-15+,20-18+. The van der Waals surface area contributed by atoms with Gasteiger partial charge in [-0.3, -0.25) is 0 Å². The Bertz CT molecular complexity index is 450. The van der Waals surface area contributed by atoms with Crippen LogP contribution in [0.3, 0.4) is 0 Å². The van der Waals surface area contributed by atoms with Gasteiger partial charge in [0, 0.05) is 12.7 Å². The van der Waals surface area contributed by atoms with Crippen molar-refractivity contribution in [1.29, 1.82) is 0 Å². The van der Waals surface area contributed by atoms with Crippen molar-refractivity contribution in [2.24, 2.45) is 5.73 Å². The molecule has 0 saturated carbocycles. The van der Waals surface area contributed by atoms with Gasteiger partial charge >= 0.3 is 0 Å². The smallest absolute Gasteiger partial charge is 0.00898 e.